The maximum absolute atomic E-state index is 8.91. The van der Waals surface area contributed by atoms with Crippen LogP contribution in [0.3, 0.4) is 0 Å². The number of aryl methyl sites for hydroxylation is 1. The van der Waals surface area contributed by atoms with E-state index in [-0.39, 0.29) is 0 Å². The van der Waals surface area contributed by atoms with Crippen LogP contribution < -0.4 is 0 Å². The summed E-state index contributed by atoms with van der Waals surface area (Å²) >= 11 is 6.42. The lowest BCUT2D eigenvalue weighted by Gasteiger charge is -1.88. The van der Waals surface area contributed by atoms with Gasteiger partial charge in [0.05, 0.1) is 13.7 Å². The number of thiophene rings is 1. The number of hydrogen-bond donors (Lipinski definition) is 0. The molecule has 0 bridgehead atoms. The summed E-state index contributed by atoms with van der Waals surface area (Å²) in [5.41, 5.74) is 0.811. The third kappa shape index (κ3) is 1.73. The van der Waals surface area contributed by atoms with Crippen LogP contribution in [-0.2, 0) is 0 Å². The molecule has 0 saturated heterocycles. The molecule has 2 rings (SSSR count). The molecule has 0 unspecified atom stereocenters. The van der Waals surface area contributed by atoms with Crippen LogP contribution in [0.15, 0.2) is 15.9 Å². The maximum Gasteiger partial charge on any atom is 0.133 e. The van der Waals surface area contributed by atoms with Gasteiger partial charge in [-0.25, -0.2) is 4.98 Å². The van der Waals surface area contributed by atoms with Gasteiger partial charge in [-0.05, 0) is 35.0 Å². The standard InChI is InChI=1S/C9H5BrN2S2/c1-5-12-9(7(4-11)13-5)6-2-3-8(10)14-6/h2-3H,1H3. The molecule has 0 radical (unpaired) electrons. The lowest BCUT2D eigenvalue weighted by atomic mass is 10.3. The summed E-state index contributed by atoms with van der Waals surface area (Å²) in [7, 11) is 0. The predicted molar refractivity (Wildman–Crippen MR) is 62.6 cm³/mol. The minimum Gasteiger partial charge on any atom is -0.239 e. The molecule has 2 heterocycles. The van der Waals surface area contributed by atoms with E-state index in [4.69, 9.17) is 5.26 Å². The minimum absolute atomic E-state index is 0.692. The van der Waals surface area contributed by atoms with Gasteiger partial charge < -0.3 is 0 Å². The molecule has 2 aromatic heterocycles. The Hall–Kier alpha value is -0.700. The monoisotopic (exact) mass is 284 g/mol. The minimum atomic E-state index is 0.692. The highest BCUT2D eigenvalue weighted by Crippen LogP contribution is 2.34. The van der Waals surface area contributed by atoms with E-state index < -0.39 is 0 Å². The second-order valence-corrected chi connectivity index (χ2v) is 6.29. The number of thiazole rings is 1. The first-order valence-electron chi connectivity index (χ1n) is 3.84. The van der Waals surface area contributed by atoms with Crippen molar-refractivity contribution in [2.45, 2.75) is 6.92 Å². The van der Waals surface area contributed by atoms with Crippen molar-refractivity contribution >= 4 is 38.6 Å². The van der Waals surface area contributed by atoms with Gasteiger partial charge in [-0.15, -0.1) is 22.7 Å². The Morgan fingerprint density at radius 1 is 1.43 bits per heavy atom. The van der Waals surface area contributed by atoms with Crippen LogP contribution in [0.1, 0.15) is 9.88 Å². The molecule has 0 spiro atoms. The Kier molecular flexibility index (Phi) is 2.68. The van der Waals surface area contributed by atoms with E-state index >= 15 is 0 Å². The fourth-order valence-electron chi connectivity index (χ4n) is 1.11. The average molecular weight is 285 g/mol. The van der Waals surface area contributed by atoms with E-state index in [9.17, 15) is 0 Å². The Bertz CT molecular complexity index is 507. The van der Waals surface area contributed by atoms with Crippen molar-refractivity contribution in [3.05, 3.63) is 25.8 Å². The first-order chi connectivity index (χ1) is 6.70. The summed E-state index contributed by atoms with van der Waals surface area (Å²) in [6.07, 6.45) is 0. The fraction of sp³-hybridized carbons (Fsp3) is 0.111. The van der Waals surface area contributed by atoms with Crippen LogP contribution >= 0.6 is 38.6 Å². The smallest absolute Gasteiger partial charge is 0.133 e. The largest absolute Gasteiger partial charge is 0.239 e. The number of nitrogens with zero attached hydrogens (tertiary/aromatic N) is 2. The molecule has 0 amide bonds. The number of nitriles is 1. The molecule has 0 aliphatic rings. The van der Waals surface area contributed by atoms with Crippen molar-refractivity contribution < 1.29 is 0 Å². The first kappa shape index (κ1) is 9.84. The summed E-state index contributed by atoms with van der Waals surface area (Å²) in [4.78, 5) is 6.08. The van der Waals surface area contributed by atoms with Crippen LogP contribution in [0.5, 0.6) is 0 Å². The third-order valence-electron chi connectivity index (χ3n) is 1.64. The summed E-state index contributed by atoms with van der Waals surface area (Å²) in [6.45, 7) is 1.91. The normalized spacial score (nSPS) is 10.1. The molecule has 14 heavy (non-hydrogen) atoms. The first-order valence-corrected chi connectivity index (χ1v) is 6.26. The van der Waals surface area contributed by atoms with Crippen LogP contribution in [0, 0.1) is 18.3 Å². The van der Waals surface area contributed by atoms with Gasteiger partial charge in [-0.1, -0.05) is 0 Å². The highest BCUT2D eigenvalue weighted by molar-refractivity contribution is 9.11. The summed E-state index contributed by atoms with van der Waals surface area (Å²) in [5.74, 6) is 0. The molecule has 0 aliphatic carbocycles. The van der Waals surface area contributed by atoms with Crippen molar-refractivity contribution in [3.8, 4) is 16.6 Å². The van der Waals surface area contributed by atoms with Crippen molar-refractivity contribution in [1.29, 1.82) is 5.26 Å². The summed E-state index contributed by atoms with van der Waals surface area (Å²) in [6, 6.07) is 6.12. The molecule has 0 atom stereocenters. The van der Waals surface area contributed by atoms with Gasteiger partial charge in [-0.3, -0.25) is 0 Å². The van der Waals surface area contributed by atoms with E-state index in [1.807, 2.05) is 19.1 Å². The Morgan fingerprint density at radius 2 is 2.21 bits per heavy atom. The van der Waals surface area contributed by atoms with Crippen LogP contribution in [0.2, 0.25) is 0 Å². The number of rotatable bonds is 1. The van der Waals surface area contributed by atoms with E-state index in [1.165, 1.54) is 11.3 Å². The van der Waals surface area contributed by atoms with Gasteiger partial charge in [0.2, 0.25) is 0 Å². The zero-order chi connectivity index (χ0) is 10.1. The molecular weight excluding hydrogens is 280 g/mol. The van der Waals surface area contributed by atoms with Crippen molar-refractivity contribution in [3.63, 3.8) is 0 Å². The van der Waals surface area contributed by atoms with Crippen molar-refractivity contribution in [1.82, 2.24) is 4.98 Å². The fourth-order valence-corrected chi connectivity index (χ4v) is 3.29. The number of aromatic nitrogens is 1. The Balaban J connectivity index is 2.56. The van der Waals surface area contributed by atoms with E-state index in [2.05, 4.69) is 27.0 Å². The molecule has 70 valence electrons. The summed E-state index contributed by atoms with van der Waals surface area (Å²) in [5, 5.41) is 9.84. The van der Waals surface area contributed by atoms with Crippen LogP contribution in [0.4, 0.5) is 0 Å². The van der Waals surface area contributed by atoms with E-state index in [0.717, 1.165) is 19.4 Å². The number of halogens is 1. The quantitative estimate of drug-likeness (QED) is 0.798. The molecule has 5 heteroatoms. The van der Waals surface area contributed by atoms with Gasteiger partial charge in [0.15, 0.2) is 0 Å². The molecular formula is C9H5BrN2S2. The van der Waals surface area contributed by atoms with Gasteiger partial charge >= 0.3 is 0 Å². The van der Waals surface area contributed by atoms with E-state index in [0.29, 0.717) is 4.88 Å². The zero-order valence-corrected chi connectivity index (χ0v) is 10.5. The molecule has 2 nitrogen and oxygen atoms in total. The molecule has 0 saturated carbocycles. The molecule has 2 aromatic rings. The van der Waals surface area contributed by atoms with Gasteiger partial charge in [-0.2, -0.15) is 5.26 Å². The third-order valence-corrected chi connectivity index (χ3v) is 4.15. The van der Waals surface area contributed by atoms with Gasteiger partial charge in [0.1, 0.15) is 16.6 Å². The molecule has 0 aliphatic heterocycles. The van der Waals surface area contributed by atoms with Gasteiger partial charge in [0, 0.05) is 0 Å². The predicted octanol–water partition coefficient (Wildman–Crippen LogP) is 3.81. The highest BCUT2D eigenvalue weighted by Gasteiger charge is 2.12. The lowest BCUT2D eigenvalue weighted by molar-refractivity contribution is 1.30. The van der Waals surface area contributed by atoms with Crippen LogP contribution in [-0.4, -0.2) is 4.98 Å². The second kappa shape index (κ2) is 3.81. The van der Waals surface area contributed by atoms with Crippen molar-refractivity contribution in [2.75, 3.05) is 0 Å². The van der Waals surface area contributed by atoms with Crippen LogP contribution in [0.25, 0.3) is 10.6 Å². The summed E-state index contributed by atoms with van der Waals surface area (Å²) < 4.78 is 1.06. The zero-order valence-electron chi connectivity index (χ0n) is 7.24. The lowest BCUT2D eigenvalue weighted by Crippen LogP contribution is -1.75. The van der Waals surface area contributed by atoms with Crippen molar-refractivity contribution in [2.24, 2.45) is 0 Å². The second-order valence-electron chi connectivity index (χ2n) is 2.63. The molecule has 0 aromatic carbocycles. The molecule has 0 N–H and O–H groups in total. The molecule has 0 fully saturated rings. The van der Waals surface area contributed by atoms with Gasteiger partial charge in [0.25, 0.3) is 0 Å². The number of hydrogen-bond acceptors (Lipinski definition) is 4. The average Bonchev–Trinajstić information content (AvgIpc) is 2.71. The Labute approximate surface area is 98.0 Å². The Morgan fingerprint density at radius 3 is 2.79 bits per heavy atom. The maximum atomic E-state index is 8.91. The topological polar surface area (TPSA) is 36.7 Å². The SMILES string of the molecule is Cc1nc(-c2ccc(Br)s2)c(C#N)s1. The highest BCUT2D eigenvalue weighted by atomic mass is 79.9. The van der Waals surface area contributed by atoms with E-state index in [1.54, 1.807) is 11.3 Å².